The molecule has 0 saturated carbocycles. The van der Waals surface area contributed by atoms with E-state index in [1.165, 1.54) is 0 Å². The Morgan fingerprint density at radius 2 is 2.25 bits per heavy atom. The van der Waals surface area contributed by atoms with Crippen molar-refractivity contribution in [3.63, 3.8) is 0 Å². The molecule has 0 spiro atoms. The van der Waals surface area contributed by atoms with E-state index in [1.807, 2.05) is 36.0 Å². The largest absolute Gasteiger partial charge is 0.349 e. The summed E-state index contributed by atoms with van der Waals surface area (Å²) < 4.78 is 2.98. The van der Waals surface area contributed by atoms with E-state index in [2.05, 4.69) is 21.2 Å². The van der Waals surface area contributed by atoms with Gasteiger partial charge in [0, 0.05) is 28.7 Å². The van der Waals surface area contributed by atoms with E-state index in [9.17, 15) is 4.79 Å². The lowest BCUT2D eigenvalue weighted by Gasteiger charge is -1.99. The number of halogens is 1. The van der Waals surface area contributed by atoms with Crippen LogP contribution < -0.4 is 5.32 Å². The van der Waals surface area contributed by atoms with Gasteiger partial charge in [-0.1, -0.05) is 12.1 Å². The minimum atomic E-state index is 0.117. The van der Waals surface area contributed by atoms with Gasteiger partial charge in [-0.15, -0.1) is 0 Å². The van der Waals surface area contributed by atoms with Crippen LogP contribution in [-0.4, -0.2) is 23.9 Å². The number of benzene rings is 1. The molecule has 0 amide bonds. The molecular formula is C12H13BrN2O. The molecule has 16 heavy (non-hydrogen) atoms. The van der Waals surface area contributed by atoms with E-state index in [4.69, 9.17) is 0 Å². The molecule has 0 fully saturated rings. The minimum Gasteiger partial charge on any atom is -0.349 e. The van der Waals surface area contributed by atoms with Crippen molar-refractivity contribution in [2.24, 2.45) is 7.05 Å². The standard InChI is InChI=1S/C12H13BrN2O/c1-14-6-11(16)9-7-15(2)12-8(9)4-3-5-10(12)13/h3-5,7,14H,6H2,1-2H3. The Balaban J connectivity index is 2.64. The molecule has 1 aromatic heterocycles. The zero-order valence-corrected chi connectivity index (χ0v) is 10.8. The van der Waals surface area contributed by atoms with Gasteiger partial charge in [-0.2, -0.15) is 0 Å². The van der Waals surface area contributed by atoms with Gasteiger partial charge in [0.1, 0.15) is 0 Å². The fraction of sp³-hybridized carbons (Fsp3) is 0.250. The second kappa shape index (κ2) is 4.39. The maximum absolute atomic E-state index is 11.9. The van der Waals surface area contributed by atoms with Gasteiger partial charge in [-0.05, 0) is 29.0 Å². The molecule has 3 nitrogen and oxygen atoms in total. The minimum absolute atomic E-state index is 0.117. The molecule has 1 N–H and O–H groups in total. The number of rotatable bonds is 3. The van der Waals surface area contributed by atoms with Crippen LogP contribution in [0.2, 0.25) is 0 Å². The normalized spacial score (nSPS) is 10.9. The first-order valence-electron chi connectivity index (χ1n) is 5.06. The maximum Gasteiger partial charge on any atom is 0.178 e. The lowest BCUT2D eigenvalue weighted by Crippen LogP contribution is -2.18. The Bertz CT molecular complexity index is 545. The molecule has 1 heterocycles. The number of aromatic nitrogens is 1. The summed E-state index contributed by atoms with van der Waals surface area (Å²) in [5.41, 5.74) is 1.83. The summed E-state index contributed by atoms with van der Waals surface area (Å²) in [7, 11) is 3.72. The third kappa shape index (κ3) is 1.79. The molecule has 0 unspecified atom stereocenters. The van der Waals surface area contributed by atoms with E-state index >= 15 is 0 Å². The molecule has 0 aliphatic heterocycles. The van der Waals surface area contributed by atoms with Gasteiger partial charge in [0.15, 0.2) is 5.78 Å². The van der Waals surface area contributed by atoms with Crippen LogP contribution in [0, 0.1) is 0 Å². The number of nitrogens with one attached hydrogen (secondary N) is 1. The lowest BCUT2D eigenvalue weighted by molar-refractivity contribution is 0.0995. The first kappa shape index (κ1) is 11.4. The van der Waals surface area contributed by atoms with Gasteiger partial charge in [-0.3, -0.25) is 4.79 Å². The van der Waals surface area contributed by atoms with Crippen molar-refractivity contribution in [3.05, 3.63) is 34.4 Å². The monoisotopic (exact) mass is 280 g/mol. The first-order valence-corrected chi connectivity index (χ1v) is 5.85. The van der Waals surface area contributed by atoms with Crippen LogP contribution >= 0.6 is 15.9 Å². The topological polar surface area (TPSA) is 34.0 Å². The second-order valence-electron chi connectivity index (χ2n) is 3.74. The Hall–Kier alpha value is -1.13. The molecule has 0 radical (unpaired) electrons. The highest BCUT2D eigenvalue weighted by Crippen LogP contribution is 2.27. The van der Waals surface area contributed by atoms with Gasteiger partial charge in [0.2, 0.25) is 0 Å². The average molecular weight is 281 g/mol. The smallest absolute Gasteiger partial charge is 0.178 e. The van der Waals surface area contributed by atoms with E-state index in [1.54, 1.807) is 7.05 Å². The molecule has 0 bridgehead atoms. The Labute approximate surface area is 103 Å². The number of nitrogens with zero attached hydrogens (tertiary/aromatic N) is 1. The van der Waals surface area contributed by atoms with Crippen LogP contribution in [0.3, 0.4) is 0 Å². The van der Waals surface area contributed by atoms with Gasteiger partial charge in [0.05, 0.1) is 12.1 Å². The van der Waals surface area contributed by atoms with Crippen LogP contribution in [0.1, 0.15) is 10.4 Å². The van der Waals surface area contributed by atoms with Crippen molar-refractivity contribution < 1.29 is 4.79 Å². The number of carbonyl (C=O) groups excluding carboxylic acids is 1. The van der Waals surface area contributed by atoms with Crippen LogP contribution in [0.15, 0.2) is 28.9 Å². The summed E-state index contributed by atoms with van der Waals surface area (Å²) in [6.07, 6.45) is 1.88. The summed E-state index contributed by atoms with van der Waals surface area (Å²) in [4.78, 5) is 11.9. The number of ketones is 1. The van der Waals surface area contributed by atoms with Gasteiger partial charge in [-0.25, -0.2) is 0 Å². The van der Waals surface area contributed by atoms with E-state index < -0.39 is 0 Å². The van der Waals surface area contributed by atoms with Crippen molar-refractivity contribution in [2.75, 3.05) is 13.6 Å². The summed E-state index contributed by atoms with van der Waals surface area (Å²) in [5.74, 6) is 0.117. The van der Waals surface area contributed by atoms with Crippen molar-refractivity contribution in [3.8, 4) is 0 Å². The second-order valence-corrected chi connectivity index (χ2v) is 4.60. The highest BCUT2D eigenvalue weighted by Gasteiger charge is 2.14. The van der Waals surface area contributed by atoms with Gasteiger partial charge in [0.25, 0.3) is 0 Å². The average Bonchev–Trinajstić information content (AvgIpc) is 2.58. The molecule has 2 aromatic rings. The number of Topliss-reactive ketones (excluding diaryl/α,β-unsaturated/α-hetero) is 1. The Morgan fingerprint density at radius 1 is 1.50 bits per heavy atom. The number of hydrogen-bond donors (Lipinski definition) is 1. The van der Waals surface area contributed by atoms with E-state index in [0.29, 0.717) is 6.54 Å². The summed E-state index contributed by atoms with van der Waals surface area (Å²) in [5, 5.41) is 3.88. The van der Waals surface area contributed by atoms with E-state index in [0.717, 1.165) is 20.9 Å². The molecule has 4 heteroatoms. The number of aryl methyl sites for hydroxylation is 1. The zero-order valence-electron chi connectivity index (χ0n) is 9.25. The zero-order chi connectivity index (χ0) is 11.7. The SMILES string of the molecule is CNCC(=O)c1cn(C)c2c(Br)cccc12. The van der Waals surface area contributed by atoms with Crippen molar-refractivity contribution in [1.29, 1.82) is 0 Å². The van der Waals surface area contributed by atoms with Crippen LogP contribution in [0.4, 0.5) is 0 Å². The van der Waals surface area contributed by atoms with Gasteiger partial charge >= 0.3 is 0 Å². The van der Waals surface area contributed by atoms with Crippen LogP contribution in [0.5, 0.6) is 0 Å². The summed E-state index contributed by atoms with van der Waals surface area (Å²) in [6.45, 7) is 0.367. The fourth-order valence-electron chi connectivity index (χ4n) is 1.90. The molecule has 0 saturated heterocycles. The molecule has 0 atom stereocenters. The van der Waals surface area contributed by atoms with Crippen molar-refractivity contribution >= 4 is 32.6 Å². The maximum atomic E-state index is 11.9. The van der Waals surface area contributed by atoms with Crippen LogP contribution in [0.25, 0.3) is 10.9 Å². The molecule has 0 aliphatic carbocycles. The van der Waals surface area contributed by atoms with Gasteiger partial charge < -0.3 is 9.88 Å². The quantitative estimate of drug-likeness (QED) is 0.876. The molecule has 1 aromatic carbocycles. The highest BCUT2D eigenvalue weighted by molar-refractivity contribution is 9.10. The number of carbonyl (C=O) groups is 1. The Kier molecular flexibility index (Phi) is 3.12. The number of likely N-dealkylation sites (N-methyl/N-ethyl adjacent to an activating group) is 1. The van der Waals surface area contributed by atoms with Crippen molar-refractivity contribution in [1.82, 2.24) is 9.88 Å². The molecular weight excluding hydrogens is 268 g/mol. The first-order chi connectivity index (χ1) is 7.65. The van der Waals surface area contributed by atoms with E-state index in [-0.39, 0.29) is 5.78 Å². The fourth-order valence-corrected chi connectivity index (χ4v) is 2.54. The highest BCUT2D eigenvalue weighted by atomic mass is 79.9. The summed E-state index contributed by atoms with van der Waals surface area (Å²) in [6, 6.07) is 5.90. The third-order valence-corrected chi connectivity index (χ3v) is 3.23. The Morgan fingerprint density at radius 3 is 2.94 bits per heavy atom. The number of para-hydroxylation sites is 1. The molecule has 0 aliphatic rings. The predicted molar refractivity (Wildman–Crippen MR) is 68.9 cm³/mol. The summed E-state index contributed by atoms with van der Waals surface area (Å²) >= 11 is 3.50. The van der Waals surface area contributed by atoms with Crippen LogP contribution in [-0.2, 0) is 7.05 Å². The predicted octanol–water partition coefficient (Wildman–Crippen LogP) is 2.34. The van der Waals surface area contributed by atoms with Crippen molar-refractivity contribution in [2.45, 2.75) is 0 Å². The molecule has 84 valence electrons. The molecule has 2 rings (SSSR count). The third-order valence-electron chi connectivity index (χ3n) is 2.59. The number of hydrogen-bond acceptors (Lipinski definition) is 2. The number of fused-ring (bicyclic) bond motifs is 1. The lowest BCUT2D eigenvalue weighted by atomic mass is 10.1.